The quantitative estimate of drug-likeness (QED) is 0.748. The Morgan fingerprint density at radius 3 is 2.73 bits per heavy atom. The van der Waals surface area contributed by atoms with Crippen LogP contribution in [0.25, 0.3) is 0 Å². The summed E-state index contributed by atoms with van der Waals surface area (Å²) in [6, 6.07) is 0.135. The highest BCUT2D eigenvalue weighted by Crippen LogP contribution is 2.20. The van der Waals surface area contributed by atoms with Crippen LogP contribution in [-0.2, 0) is 9.84 Å². The number of hydrogen-bond acceptors (Lipinski definition) is 3. The van der Waals surface area contributed by atoms with Crippen molar-refractivity contribution in [2.45, 2.75) is 50.8 Å². The van der Waals surface area contributed by atoms with E-state index >= 15 is 0 Å². The SMILES string of the molecule is CC(C)S(=O)(=O)CCC1=CC(N)CCC1. The summed E-state index contributed by atoms with van der Waals surface area (Å²) in [6.07, 6.45) is 5.84. The molecule has 2 N–H and O–H groups in total. The van der Waals surface area contributed by atoms with Gasteiger partial charge in [0, 0.05) is 6.04 Å². The van der Waals surface area contributed by atoms with Gasteiger partial charge in [0.1, 0.15) is 0 Å². The third-order valence-corrected chi connectivity index (χ3v) is 5.12. The maximum atomic E-state index is 11.6. The zero-order valence-electron chi connectivity index (χ0n) is 9.57. The number of allylic oxidation sites excluding steroid dienone is 1. The monoisotopic (exact) mass is 231 g/mol. The summed E-state index contributed by atoms with van der Waals surface area (Å²) in [5.41, 5.74) is 7.02. The summed E-state index contributed by atoms with van der Waals surface area (Å²) in [4.78, 5) is 0. The maximum absolute atomic E-state index is 11.6. The van der Waals surface area contributed by atoms with Crippen LogP contribution >= 0.6 is 0 Å². The Hall–Kier alpha value is -0.350. The summed E-state index contributed by atoms with van der Waals surface area (Å²) < 4.78 is 23.2. The summed E-state index contributed by atoms with van der Waals surface area (Å²) in [7, 11) is -2.90. The molecule has 3 nitrogen and oxygen atoms in total. The lowest BCUT2D eigenvalue weighted by atomic mass is 9.95. The van der Waals surface area contributed by atoms with Gasteiger partial charge in [0.05, 0.1) is 11.0 Å². The molecule has 0 heterocycles. The van der Waals surface area contributed by atoms with Gasteiger partial charge in [-0.3, -0.25) is 0 Å². The minimum atomic E-state index is -2.90. The first-order chi connectivity index (χ1) is 6.92. The second-order valence-corrected chi connectivity index (χ2v) is 7.22. The van der Waals surface area contributed by atoms with Crippen LogP contribution in [-0.4, -0.2) is 25.5 Å². The van der Waals surface area contributed by atoms with Crippen molar-refractivity contribution in [2.24, 2.45) is 5.73 Å². The second-order valence-electron chi connectivity index (χ2n) is 4.55. The highest BCUT2D eigenvalue weighted by atomic mass is 32.2. The summed E-state index contributed by atoms with van der Waals surface area (Å²) in [5, 5.41) is -0.268. The van der Waals surface area contributed by atoms with Gasteiger partial charge in [-0.2, -0.15) is 0 Å². The molecule has 0 aromatic heterocycles. The van der Waals surface area contributed by atoms with E-state index in [2.05, 4.69) is 0 Å². The van der Waals surface area contributed by atoms with E-state index in [1.165, 1.54) is 5.57 Å². The van der Waals surface area contributed by atoms with Crippen molar-refractivity contribution in [1.29, 1.82) is 0 Å². The third kappa shape index (κ3) is 3.95. The molecule has 0 spiro atoms. The van der Waals surface area contributed by atoms with E-state index in [-0.39, 0.29) is 17.0 Å². The number of sulfone groups is 1. The van der Waals surface area contributed by atoms with Crippen LogP contribution in [0.2, 0.25) is 0 Å². The molecule has 4 heteroatoms. The normalized spacial score (nSPS) is 22.9. The van der Waals surface area contributed by atoms with Crippen LogP contribution < -0.4 is 5.73 Å². The molecule has 1 aliphatic carbocycles. The Balaban J connectivity index is 2.50. The second kappa shape index (κ2) is 5.12. The molecule has 1 rings (SSSR count). The molecule has 1 unspecified atom stereocenters. The van der Waals surface area contributed by atoms with Gasteiger partial charge in [-0.25, -0.2) is 8.42 Å². The van der Waals surface area contributed by atoms with Gasteiger partial charge in [0.25, 0.3) is 0 Å². The number of rotatable bonds is 4. The van der Waals surface area contributed by atoms with E-state index in [9.17, 15) is 8.42 Å². The maximum Gasteiger partial charge on any atom is 0.152 e. The summed E-state index contributed by atoms with van der Waals surface area (Å²) in [6.45, 7) is 3.46. The van der Waals surface area contributed by atoms with Gasteiger partial charge in [0.2, 0.25) is 0 Å². The molecule has 0 fully saturated rings. The molecule has 0 radical (unpaired) electrons. The van der Waals surface area contributed by atoms with Crippen molar-refractivity contribution in [3.8, 4) is 0 Å². The first-order valence-corrected chi connectivity index (χ1v) is 7.30. The minimum Gasteiger partial charge on any atom is -0.324 e. The molecule has 0 saturated heterocycles. The lowest BCUT2D eigenvalue weighted by Crippen LogP contribution is -2.22. The van der Waals surface area contributed by atoms with E-state index < -0.39 is 9.84 Å². The first kappa shape index (κ1) is 12.7. The van der Waals surface area contributed by atoms with Crippen molar-refractivity contribution in [2.75, 3.05) is 5.75 Å². The Morgan fingerprint density at radius 1 is 1.53 bits per heavy atom. The van der Waals surface area contributed by atoms with Gasteiger partial charge in [-0.15, -0.1) is 0 Å². The highest BCUT2D eigenvalue weighted by molar-refractivity contribution is 7.91. The molecule has 1 aliphatic rings. The smallest absolute Gasteiger partial charge is 0.152 e. The molecular formula is C11H21NO2S. The lowest BCUT2D eigenvalue weighted by Gasteiger charge is -2.18. The van der Waals surface area contributed by atoms with E-state index in [0.29, 0.717) is 6.42 Å². The number of hydrogen-bond donors (Lipinski definition) is 1. The average molecular weight is 231 g/mol. The van der Waals surface area contributed by atoms with Crippen LogP contribution in [0.3, 0.4) is 0 Å². The molecule has 0 aromatic carbocycles. The van der Waals surface area contributed by atoms with Gasteiger partial charge in [-0.1, -0.05) is 11.6 Å². The molecule has 0 aromatic rings. The van der Waals surface area contributed by atoms with Crippen molar-refractivity contribution in [3.63, 3.8) is 0 Å². The summed E-state index contributed by atoms with van der Waals surface area (Å²) in [5.74, 6) is 0.267. The predicted molar refractivity (Wildman–Crippen MR) is 63.4 cm³/mol. The third-order valence-electron chi connectivity index (χ3n) is 2.91. The average Bonchev–Trinajstić information content (AvgIpc) is 2.15. The molecule has 0 bridgehead atoms. The molecule has 0 amide bonds. The fourth-order valence-electron chi connectivity index (χ4n) is 1.75. The predicted octanol–water partition coefficient (Wildman–Crippen LogP) is 1.64. The van der Waals surface area contributed by atoms with Gasteiger partial charge >= 0.3 is 0 Å². The van der Waals surface area contributed by atoms with E-state index in [4.69, 9.17) is 5.73 Å². The Bertz CT molecular complexity index is 330. The molecule has 88 valence electrons. The number of nitrogens with two attached hydrogens (primary N) is 1. The van der Waals surface area contributed by atoms with Crippen molar-refractivity contribution < 1.29 is 8.42 Å². The van der Waals surface area contributed by atoms with Gasteiger partial charge in [0.15, 0.2) is 9.84 Å². The zero-order chi connectivity index (χ0) is 11.5. The van der Waals surface area contributed by atoms with Crippen LogP contribution in [0.5, 0.6) is 0 Å². The van der Waals surface area contributed by atoms with Crippen LogP contribution in [0, 0.1) is 0 Å². The molecular weight excluding hydrogens is 210 g/mol. The van der Waals surface area contributed by atoms with Crippen molar-refractivity contribution >= 4 is 9.84 Å². The van der Waals surface area contributed by atoms with Crippen LogP contribution in [0.15, 0.2) is 11.6 Å². The molecule has 1 atom stereocenters. The van der Waals surface area contributed by atoms with Crippen LogP contribution in [0.4, 0.5) is 0 Å². The van der Waals surface area contributed by atoms with Crippen molar-refractivity contribution in [3.05, 3.63) is 11.6 Å². The largest absolute Gasteiger partial charge is 0.324 e. The van der Waals surface area contributed by atoms with E-state index in [1.807, 2.05) is 6.08 Å². The van der Waals surface area contributed by atoms with E-state index in [1.54, 1.807) is 13.8 Å². The van der Waals surface area contributed by atoms with Crippen LogP contribution in [0.1, 0.15) is 39.5 Å². The van der Waals surface area contributed by atoms with Gasteiger partial charge in [-0.05, 0) is 39.5 Å². The Labute approximate surface area is 92.7 Å². The Kier molecular flexibility index (Phi) is 4.34. The van der Waals surface area contributed by atoms with E-state index in [0.717, 1.165) is 19.3 Å². The lowest BCUT2D eigenvalue weighted by molar-refractivity contribution is 0.581. The fourth-order valence-corrected chi connectivity index (χ4v) is 2.77. The molecule has 0 aliphatic heterocycles. The fraction of sp³-hybridized carbons (Fsp3) is 0.818. The topological polar surface area (TPSA) is 60.2 Å². The van der Waals surface area contributed by atoms with Crippen molar-refractivity contribution in [1.82, 2.24) is 0 Å². The molecule has 0 saturated carbocycles. The highest BCUT2D eigenvalue weighted by Gasteiger charge is 2.17. The molecule has 15 heavy (non-hydrogen) atoms. The first-order valence-electron chi connectivity index (χ1n) is 5.58. The summed E-state index contributed by atoms with van der Waals surface area (Å²) >= 11 is 0. The zero-order valence-corrected chi connectivity index (χ0v) is 10.4. The minimum absolute atomic E-state index is 0.135. The standard InChI is InChI=1S/C11H21NO2S/c1-9(2)15(13,14)7-6-10-4-3-5-11(12)8-10/h8-9,11H,3-7,12H2,1-2H3. The Morgan fingerprint density at radius 2 is 2.20 bits per heavy atom. The van der Waals surface area contributed by atoms with Gasteiger partial charge < -0.3 is 5.73 Å².